The lowest BCUT2D eigenvalue weighted by molar-refractivity contribution is -0.143. The van der Waals surface area contributed by atoms with Gasteiger partial charge in [0.1, 0.15) is 5.82 Å². The van der Waals surface area contributed by atoms with Gasteiger partial charge in [-0.05, 0) is 12.1 Å². The number of rotatable bonds is 1. The average Bonchev–Trinajstić information content (AvgIpc) is 2.80. The molecule has 2 aromatic rings. The normalized spacial score (nSPS) is 14.2. The van der Waals surface area contributed by atoms with Crippen LogP contribution in [0.2, 0.25) is 5.02 Å². The first kappa shape index (κ1) is 19.7. The minimum Gasteiger partial charge on any atom is -0.384 e. The molecule has 2 amide bonds. The van der Waals surface area contributed by atoms with Gasteiger partial charge in [0.05, 0.1) is 33.0 Å². The Morgan fingerprint density at radius 2 is 1.54 bits per heavy atom. The number of carbonyl (C=O) groups is 2. The summed E-state index contributed by atoms with van der Waals surface area (Å²) in [5.41, 5.74) is -1.28. The third kappa shape index (κ3) is 2.99. The van der Waals surface area contributed by atoms with Crippen molar-refractivity contribution in [2.24, 2.45) is 0 Å². The van der Waals surface area contributed by atoms with E-state index in [9.17, 15) is 40.7 Å². The quantitative estimate of drug-likeness (QED) is 0.542. The van der Waals surface area contributed by atoms with Gasteiger partial charge in [0, 0.05) is 6.07 Å². The van der Waals surface area contributed by atoms with Gasteiger partial charge < -0.3 is 5.73 Å². The van der Waals surface area contributed by atoms with E-state index in [2.05, 4.69) is 0 Å². The highest BCUT2D eigenvalue weighted by Gasteiger charge is 2.40. The molecule has 3 N–H and O–H groups in total. The number of halogens is 7. The van der Waals surface area contributed by atoms with Crippen molar-refractivity contribution < 1.29 is 35.9 Å². The molecule has 0 saturated heterocycles. The number of anilines is 1. The number of nitrogens with zero attached hydrogens (tertiary/aromatic N) is 1. The van der Waals surface area contributed by atoms with E-state index in [1.807, 2.05) is 5.32 Å². The molecule has 1 aliphatic heterocycles. The second-order valence-electron chi connectivity index (χ2n) is 5.63. The molecule has 0 aliphatic carbocycles. The van der Waals surface area contributed by atoms with Crippen molar-refractivity contribution in [1.82, 2.24) is 9.88 Å². The molecule has 1 aromatic carbocycles. The minimum atomic E-state index is -5.28. The van der Waals surface area contributed by atoms with Crippen molar-refractivity contribution in [3.63, 3.8) is 0 Å². The van der Waals surface area contributed by atoms with Crippen molar-refractivity contribution in [1.29, 1.82) is 0 Å². The van der Waals surface area contributed by atoms with E-state index in [-0.39, 0.29) is 16.7 Å². The number of pyridine rings is 1. The zero-order valence-corrected chi connectivity index (χ0v) is 13.9. The summed E-state index contributed by atoms with van der Waals surface area (Å²) in [6.45, 7) is 0. The van der Waals surface area contributed by atoms with Crippen molar-refractivity contribution in [2.45, 2.75) is 12.4 Å². The summed E-state index contributed by atoms with van der Waals surface area (Å²) < 4.78 is 79.0. The van der Waals surface area contributed by atoms with Crippen LogP contribution in [0.15, 0.2) is 23.0 Å². The van der Waals surface area contributed by atoms with Crippen LogP contribution in [0.4, 0.5) is 32.2 Å². The number of carbonyl (C=O) groups excluding carboxylic acids is 2. The Balaban J connectivity index is 2.43. The molecular formula is C15H6ClF6N3O3. The van der Waals surface area contributed by atoms with E-state index < -0.39 is 68.5 Å². The number of hydrogen-bond donors (Lipinski definition) is 2. The number of alkyl halides is 6. The zero-order chi connectivity index (χ0) is 21.2. The van der Waals surface area contributed by atoms with Crippen molar-refractivity contribution in [3.8, 4) is 5.69 Å². The fourth-order valence-electron chi connectivity index (χ4n) is 2.67. The Morgan fingerprint density at radius 3 is 2.07 bits per heavy atom. The lowest BCUT2D eigenvalue weighted by Crippen LogP contribution is -2.25. The lowest BCUT2D eigenvalue weighted by Gasteiger charge is -2.19. The van der Waals surface area contributed by atoms with Gasteiger partial charge in [0.25, 0.3) is 17.4 Å². The number of fused-ring (bicyclic) bond motifs is 1. The van der Waals surface area contributed by atoms with Gasteiger partial charge in [-0.2, -0.15) is 26.3 Å². The van der Waals surface area contributed by atoms with Gasteiger partial charge in [0.15, 0.2) is 0 Å². The first-order valence-electron chi connectivity index (χ1n) is 7.13. The van der Waals surface area contributed by atoms with Crippen LogP contribution in [-0.2, 0) is 12.4 Å². The number of aromatic nitrogens is 1. The summed E-state index contributed by atoms with van der Waals surface area (Å²) in [6.07, 6.45) is -10.5. The van der Waals surface area contributed by atoms with Crippen LogP contribution in [-0.4, -0.2) is 16.4 Å². The summed E-state index contributed by atoms with van der Waals surface area (Å²) in [7, 11) is 0. The molecule has 0 saturated carbocycles. The van der Waals surface area contributed by atoms with Gasteiger partial charge in [-0.3, -0.25) is 24.3 Å². The molecule has 6 nitrogen and oxygen atoms in total. The maximum Gasteiger partial charge on any atom is 0.417 e. The highest BCUT2D eigenvalue weighted by atomic mass is 35.5. The summed E-state index contributed by atoms with van der Waals surface area (Å²) in [5, 5.41) is 0.575. The standard InChI is InChI=1S/C15H6ClF6N3O3/c16-10-6(15(20,21)22)1-4(14(17,18)19)2-7(10)25-8(26)3-5-9(11(25)23)13(28)24-12(5)27/h1-3H,23H2,(H,24,27,28). The molecule has 1 aliphatic rings. The molecule has 3 rings (SSSR count). The number of nitrogens with one attached hydrogen (secondary N) is 1. The monoisotopic (exact) mass is 425 g/mol. The molecule has 0 bridgehead atoms. The van der Waals surface area contributed by atoms with E-state index in [1.165, 1.54) is 0 Å². The fraction of sp³-hybridized carbons (Fsp3) is 0.133. The summed E-state index contributed by atoms with van der Waals surface area (Å²) in [4.78, 5) is 35.7. The van der Waals surface area contributed by atoms with Crippen molar-refractivity contribution in [3.05, 3.63) is 55.8 Å². The third-order valence-corrected chi connectivity index (χ3v) is 4.28. The van der Waals surface area contributed by atoms with Crippen LogP contribution in [0, 0.1) is 0 Å². The topological polar surface area (TPSA) is 94.2 Å². The van der Waals surface area contributed by atoms with Crippen LogP contribution < -0.4 is 16.6 Å². The number of nitrogens with two attached hydrogens (primary N) is 1. The van der Waals surface area contributed by atoms with E-state index in [0.717, 1.165) is 0 Å². The summed E-state index contributed by atoms with van der Waals surface area (Å²) in [5.74, 6) is -2.88. The van der Waals surface area contributed by atoms with Gasteiger partial charge in [-0.15, -0.1) is 0 Å². The molecule has 0 spiro atoms. The average molecular weight is 426 g/mol. The van der Waals surface area contributed by atoms with E-state index in [0.29, 0.717) is 6.07 Å². The molecular weight excluding hydrogens is 420 g/mol. The molecule has 0 unspecified atom stereocenters. The second-order valence-corrected chi connectivity index (χ2v) is 6.01. The van der Waals surface area contributed by atoms with Gasteiger partial charge in [-0.25, -0.2) is 0 Å². The Kier molecular flexibility index (Phi) is 4.22. The van der Waals surface area contributed by atoms with Crippen LogP contribution in [0.1, 0.15) is 31.8 Å². The molecule has 1 aromatic heterocycles. The Morgan fingerprint density at radius 1 is 0.929 bits per heavy atom. The second kappa shape index (κ2) is 5.99. The Hall–Kier alpha value is -3.02. The van der Waals surface area contributed by atoms with Gasteiger partial charge in [-0.1, -0.05) is 11.6 Å². The summed E-state index contributed by atoms with van der Waals surface area (Å²) >= 11 is 5.64. The summed E-state index contributed by atoms with van der Waals surface area (Å²) in [6, 6.07) is 0.544. The van der Waals surface area contributed by atoms with Crippen LogP contribution in [0.3, 0.4) is 0 Å². The van der Waals surface area contributed by atoms with Gasteiger partial charge >= 0.3 is 12.4 Å². The first-order valence-corrected chi connectivity index (χ1v) is 7.50. The number of hydrogen-bond acceptors (Lipinski definition) is 4. The number of imide groups is 1. The highest BCUT2D eigenvalue weighted by molar-refractivity contribution is 6.33. The smallest absolute Gasteiger partial charge is 0.384 e. The maximum absolute atomic E-state index is 13.2. The van der Waals surface area contributed by atoms with Crippen LogP contribution in [0.25, 0.3) is 5.69 Å². The molecule has 148 valence electrons. The third-order valence-electron chi connectivity index (χ3n) is 3.88. The maximum atomic E-state index is 13.2. The highest BCUT2D eigenvalue weighted by Crippen LogP contribution is 2.42. The molecule has 13 heteroatoms. The predicted molar refractivity (Wildman–Crippen MR) is 83.3 cm³/mol. The Labute approximate surface area is 155 Å². The van der Waals surface area contributed by atoms with E-state index in [4.69, 9.17) is 17.3 Å². The van der Waals surface area contributed by atoms with Crippen molar-refractivity contribution >= 4 is 29.2 Å². The van der Waals surface area contributed by atoms with Crippen LogP contribution in [0.5, 0.6) is 0 Å². The number of nitrogen functional groups attached to an aromatic ring is 1. The largest absolute Gasteiger partial charge is 0.417 e. The molecule has 0 fully saturated rings. The van der Waals surface area contributed by atoms with Crippen LogP contribution >= 0.6 is 11.6 Å². The first-order chi connectivity index (χ1) is 12.7. The number of amides is 2. The lowest BCUT2D eigenvalue weighted by atomic mass is 10.1. The van der Waals surface area contributed by atoms with Gasteiger partial charge in [0.2, 0.25) is 0 Å². The predicted octanol–water partition coefficient (Wildman–Crippen LogP) is 2.99. The molecule has 0 atom stereocenters. The SMILES string of the molecule is Nc1c2c(cc(=O)n1-c1cc(C(F)(F)F)cc(C(F)(F)F)c1Cl)C(=O)NC2=O. The van der Waals surface area contributed by atoms with E-state index in [1.54, 1.807) is 0 Å². The molecule has 2 heterocycles. The Bertz CT molecular complexity index is 1100. The van der Waals surface area contributed by atoms with E-state index >= 15 is 0 Å². The number of benzene rings is 1. The fourth-order valence-corrected chi connectivity index (χ4v) is 2.97. The molecule has 0 radical (unpaired) electrons. The van der Waals surface area contributed by atoms with Crippen molar-refractivity contribution in [2.75, 3.05) is 5.73 Å². The minimum absolute atomic E-state index is 0.191. The molecule has 28 heavy (non-hydrogen) atoms. The zero-order valence-electron chi connectivity index (χ0n) is 13.1.